The molecule has 0 bridgehead atoms. The van der Waals surface area contributed by atoms with Crippen molar-refractivity contribution >= 4 is 28.8 Å². The Morgan fingerprint density at radius 2 is 1.91 bits per heavy atom. The third-order valence-corrected chi connectivity index (χ3v) is 7.27. The summed E-state index contributed by atoms with van der Waals surface area (Å²) in [7, 11) is 0. The van der Waals surface area contributed by atoms with Crippen molar-refractivity contribution in [2.75, 3.05) is 4.90 Å². The lowest BCUT2D eigenvalue weighted by Crippen LogP contribution is -2.64. The Morgan fingerprint density at radius 1 is 1.14 bits per heavy atom. The van der Waals surface area contributed by atoms with Crippen LogP contribution in [0.3, 0.4) is 0 Å². The van der Waals surface area contributed by atoms with Crippen LogP contribution >= 0.6 is 11.3 Å². The van der Waals surface area contributed by atoms with Crippen LogP contribution in [0.15, 0.2) is 66.0 Å². The molecule has 35 heavy (non-hydrogen) atoms. The second-order valence-corrected chi connectivity index (χ2v) is 10.0. The number of hydrogen-bond acceptors (Lipinski definition) is 4. The maximum atomic E-state index is 13.9. The number of aromatic nitrogens is 2. The van der Waals surface area contributed by atoms with Crippen molar-refractivity contribution in [3.63, 3.8) is 0 Å². The lowest BCUT2D eigenvalue weighted by atomic mass is 9.92. The van der Waals surface area contributed by atoms with E-state index < -0.39 is 5.54 Å². The van der Waals surface area contributed by atoms with E-state index in [0.29, 0.717) is 17.1 Å². The Balaban J connectivity index is 1.55. The van der Waals surface area contributed by atoms with Crippen molar-refractivity contribution in [2.45, 2.75) is 39.4 Å². The fraction of sp³-hybridized carbons (Fsp3) is 0.222. The normalized spacial score (nSPS) is 17.4. The lowest BCUT2D eigenvalue weighted by molar-refractivity contribution is -0.126. The Hall–Kier alpha value is -3.78. The van der Waals surface area contributed by atoms with Gasteiger partial charge in [-0.05, 0) is 67.6 Å². The number of rotatable bonds is 5. The van der Waals surface area contributed by atoms with E-state index in [1.54, 1.807) is 46.0 Å². The van der Waals surface area contributed by atoms with Gasteiger partial charge in [0.15, 0.2) is 0 Å². The number of nitrogens with zero attached hydrogens (tertiary/aromatic N) is 3. The number of carbonyl (C=O) groups excluding carboxylic acids is 2. The minimum atomic E-state index is -1.23. The van der Waals surface area contributed by atoms with Crippen molar-refractivity contribution in [3.05, 3.63) is 94.2 Å². The van der Waals surface area contributed by atoms with E-state index in [1.165, 1.54) is 12.1 Å². The fourth-order valence-electron chi connectivity index (χ4n) is 4.54. The SMILES string of the molecule is Cc1ccc(N2C(=O)c3cc(-c4cccs4)nn3C[C@@]2(C)C(=O)NCc2ccc(F)cc2)c(C)c1. The molecule has 8 heteroatoms. The van der Waals surface area contributed by atoms with Gasteiger partial charge in [0, 0.05) is 12.2 Å². The van der Waals surface area contributed by atoms with E-state index in [1.807, 2.05) is 49.6 Å². The summed E-state index contributed by atoms with van der Waals surface area (Å²) >= 11 is 1.55. The highest BCUT2D eigenvalue weighted by Crippen LogP contribution is 2.36. The molecule has 2 amide bonds. The van der Waals surface area contributed by atoms with Gasteiger partial charge in [0.05, 0.1) is 11.4 Å². The molecule has 0 aliphatic carbocycles. The minimum absolute atomic E-state index is 0.196. The van der Waals surface area contributed by atoms with Gasteiger partial charge in [0.25, 0.3) is 5.91 Å². The van der Waals surface area contributed by atoms with Gasteiger partial charge < -0.3 is 5.32 Å². The van der Waals surface area contributed by atoms with Crippen LogP contribution in [0.4, 0.5) is 10.1 Å². The van der Waals surface area contributed by atoms with Gasteiger partial charge in [0.1, 0.15) is 22.7 Å². The summed E-state index contributed by atoms with van der Waals surface area (Å²) in [6.45, 7) is 6.11. The summed E-state index contributed by atoms with van der Waals surface area (Å²) in [5.74, 6) is -0.925. The molecule has 6 nitrogen and oxygen atoms in total. The van der Waals surface area contributed by atoms with E-state index in [4.69, 9.17) is 0 Å². The highest BCUT2D eigenvalue weighted by molar-refractivity contribution is 7.13. The number of nitrogens with one attached hydrogen (secondary N) is 1. The average Bonchev–Trinajstić information content (AvgIpc) is 3.50. The molecule has 0 saturated heterocycles. The van der Waals surface area contributed by atoms with Crippen LogP contribution < -0.4 is 10.2 Å². The van der Waals surface area contributed by atoms with Gasteiger partial charge in [0.2, 0.25) is 5.91 Å². The van der Waals surface area contributed by atoms with Crippen molar-refractivity contribution in [1.82, 2.24) is 15.1 Å². The zero-order valence-electron chi connectivity index (χ0n) is 19.7. The number of carbonyl (C=O) groups is 2. The third kappa shape index (κ3) is 4.14. The largest absolute Gasteiger partial charge is 0.350 e. The number of benzene rings is 2. The lowest BCUT2D eigenvalue weighted by Gasteiger charge is -2.43. The monoisotopic (exact) mass is 488 g/mol. The minimum Gasteiger partial charge on any atom is -0.350 e. The Morgan fingerprint density at radius 3 is 2.60 bits per heavy atom. The van der Waals surface area contributed by atoms with Gasteiger partial charge in [-0.1, -0.05) is 35.9 Å². The number of aryl methyl sites for hydroxylation is 2. The zero-order valence-corrected chi connectivity index (χ0v) is 20.5. The van der Waals surface area contributed by atoms with E-state index >= 15 is 0 Å². The molecule has 0 spiro atoms. The van der Waals surface area contributed by atoms with E-state index in [0.717, 1.165) is 21.6 Å². The highest BCUT2D eigenvalue weighted by Gasteiger charge is 2.49. The summed E-state index contributed by atoms with van der Waals surface area (Å²) in [6, 6.07) is 17.5. The molecule has 2 aromatic carbocycles. The fourth-order valence-corrected chi connectivity index (χ4v) is 5.22. The van der Waals surface area contributed by atoms with Gasteiger partial charge >= 0.3 is 0 Å². The molecule has 0 unspecified atom stereocenters. The molecule has 1 aliphatic rings. The van der Waals surface area contributed by atoms with Gasteiger partial charge in [-0.3, -0.25) is 19.2 Å². The predicted molar refractivity (Wildman–Crippen MR) is 135 cm³/mol. The van der Waals surface area contributed by atoms with Gasteiger partial charge in [-0.2, -0.15) is 5.10 Å². The smallest absolute Gasteiger partial charge is 0.277 e. The molecule has 0 radical (unpaired) electrons. The Labute approximate surface area is 207 Å². The van der Waals surface area contributed by atoms with Crippen LogP contribution in [-0.4, -0.2) is 27.1 Å². The van der Waals surface area contributed by atoms with Crippen molar-refractivity contribution < 1.29 is 14.0 Å². The van der Waals surface area contributed by atoms with E-state index in [2.05, 4.69) is 10.4 Å². The molecular formula is C27H25FN4O2S. The quantitative estimate of drug-likeness (QED) is 0.425. The first-order chi connectivity index (χ1) is 16.8. The molecule has 0 fully saturated rings. The highest BCUT2D eigenvalue weighted by atomic mass is 32.1. The molecule has 4 aromatic rings. The second-order valence-electron chi connectivity index (χ2n) is 9.06. The Bertz CT molecular complexity index is 1410. The van der Waals surface area contributed by atoms with Crippen molar-refractivity contribution in [2.24, 2.45) is 0 Å². The summed E-state index contributed by atoms with van der Waals surface area (Å²) < 4.78 is 14.9. The molecular weight excluding hydrogens is 463 g/mol. The number of fused-ring (bicyclic) bond motifs is 1. The molecule has 5 rings (SSSR count). The van der Waals surface area contributed by atoms with Gasteiger partial charge in [-0.25, -0.2) is 4.39 Å². The predicted octanol–water partition coefficient (Wildman–Crippen LogP) is 5.10. The number of thiophene rings is 1. The van der Waals surface area contributed by atoms with E-state index in [9.17, 15) is 14.0 Å². The molecule has 3 heterocycles. The zero-order chi connectivity index (χ0) is 24.7. The van der Waals surface area contributed by atoms with Crippen LogP contribution in [0.2, 0.25) is 0 Å². The maximum absolute atomic E-state index is 13.9. The molecule has 1 atom stereocenters. The second kappa shape index (κ2) is 8.78. The van der Waals surface area contributed by atoms with Crippen LogP contribution in [0.5, 0.6) is 0 Å². The number of hydrogen-bond donors (Lipinski definition) is 1. The summed E-state index contributed by atoms with van der Waals surface area (Å²) in [4.78, 5) is 30.2. The number of amides is 2. The van der Waals surface area contributed by atoms with E-state index in [-0.39, 0.29) is 30.7 Å². The molecule has 1 aliphatic heterocycles. The molecule has 1 N–H and O–H groups in total. The summed E-state index contributed by atoms with van der Waals surface area (Å²) in [5.41, 5.74) is 3.35. The maximum Gasteiger partial charge on any atom is 0.277 e. The van der Waals surface area contributed by atoms with Crippen molar-refractivity contribution in [3.8, 4) is 10.6 Å². The Kier molecular flexibility index (Phi) is 5.76. The molecule has 2 aromatic heterocycles. The third-order valence-electron chi connectivity index (χ3n) is 6.38. The van der Waals surface area contributed by atoms with Crippen LogP contribution in [-0.2, 0) is 17.9 Å². The molecule has 0 saturated carbocycles. The topological polar surface area (TPSA) is 67.2 Å². The molecule has 178 valence electrons. The number of halogens is 1. The average molecular weight is 489 g/mol. The van der Waals surface area contributed by atoms with Gasteiger partial charge in [-0.15, -0.1) is 11.3 Å². The first-order valence-electron chi connectivity index (χ1n) is 11.3. The van der Waals surface area contributed by atoms with Crippen molar-refractivity contribution in [1.29, 1.82) is 0 Å². The van der Waals surface area contributed by atoms with Crippen LogP contribution in [0, 0.1) is 19.7 Å². The first kappa shape index (κ1) is 23.0. The summed E-state index contributed by atoms with van der Waals surface area (Å²) in [6.07, 6.45) is 0. The summed E-state index contributed by atoms with van der Waals surface area (Å²) in [5, 5.41) is 9.59. The van der Waals surface area contributed by atoms with Crippen LogP contribution in [0.1, 0.15) is 34.1 Å². The first-order valence-corrected chi connectivity index (χ1v) is 12.2. The standard InChI is InChI=1S/C27H25FN4O2S/c1-17-6-11-22(18(2)13-17)32-25(33)23-14-21(24-5-4-12-35-24)30-31(23)16-27(32,3)26(34)29-15-19-7-9-20(28)10-8-19/h4-14H,15-16H2,1-3H3,(H,29,34)/t27-/m0/s1. The number of anilines is 1. The van der Waals surface area contributed by atoms with Crippen LogP contribution in [0.25, 0.3) is 10.6 Å².